The van der Waals surface area contributed by atoms with Crippen molar-refractivity contribution in [1.29, 1.82) is 0 Å². The van der Waals surface area contributed by atoms with Crippen molar-refractivity contribution in [2.24, 2.45) is 0 Å². The molecule has 5 nitrogen and oxygen atoms in total. The molecule has 1 N–H and O–H groups in total. The molecule has 1 aromatic carbocycles. The molecule has 0 atom stereocenters. The largest absolute Gasteiger partial charge is 0.339 e. The van der Waals surface area contributed by atoms with Gasteiger partial charge in [-0.1, -0.05) is 34.8 Å². The summed E-state index contributed by atoms with van der Waals surface area (Å²) in [6, 6.07) is 7.72. The third kappa shape index (κ3) is 4.06. The van der Waals surface area contributed by atoms with Crippen LogP contribution in [0.1, 0.15) is 33.7 Å². The molecule has 2 heterocycles. The molecular weight excluding hydrogens is 385 g/mol. The number of pyridine rings is 1. The second kappa shape index (κ2) is 7.60. The topological polar surface area (TPSA) is 62.3 Å². The minimum absolute atomic E-state index is 0.0197. The Balaban J connectivity index is 1.91. The third-order valence-electron chi connectivity index (χ3n) is 3.88. The van der Waals surface area contributed by atoms with E-state index >= 15 is 0 Å². The van der Waals surface area contributed by atoms with E-state index in [0.717, 1.165) is 12.8 Å². The Morgan fingerprint density at radius 2 is 1.76 bits per heavy atom. The molecule has 1 fully saturated rings. The molecule has 1 saturated heterocycles. The van der Waals surface area contributed by atoms with E-state index in [1.54, 1.807) is 17.0 Å². The van der Waals surface area contributed by atoms with Crippen molar-refractivity contribution < 1.29 is 9.59 Å². The molecule has 130 valence electrons. The Kier molecular flexibility index (Phi) is 5.47. The van der Waals surface area contributed by atoms with Crippen LogP contribution in [0.3, 0.4) is 0 Å². The van der Waals surface area contributed by atoms with Gasteiger partial charge >= 0.3 is 0 Å². The Morgan fingerprint density at radius 1 is 1.04 bits per heavy atom. The number of carbonyl (C=O) groups is 2. The van der Waals surface area contributed by atoms with Gasteiger partial charge in [0, 0.05) is 18.1 Å². The number of nitrogens with one attached hydrogen (secondary N) is 1. The van der Waals surface area contributed by atoms with Crippen LogP contribution >= 0.6 is 34.8 Å². The second-order valence-electron chi connectivity index (χ2n) is 5.61. The van der Waals surface area contributed by atoms with Gasteiger partial charge in [0.05, 0.1) is 16.3 Å². The lowest BCUT2D eigenvalue weighted by Crippen LogP contribution is -2.29. The monoisotopic (exact) mass is 397 g/mol. The van der Waals surface area contributed by atoms with Gasteiger partial charge in [0.25, 0.3) is 11.8 Å². The van der Waals surface area contributed by atoms with Crippen LogP contribution in [0, 0.1) is 0 Å². The maximum absolute atomic E-state index is 12.7. The van der Waals surface area contributed by atoms with Crippen molar-refractivity contribution in [1.82, 2.24) is 9.88 Å². The smallest absolute Gasteiger partial charge is 0.275 e. The summed E-state index contributed by atoms with van der Waals surface area (Å²) in [5.41, 5.74) is 0.666. The van der Waals surface area contributed by atoms with E-state index < -0.39 is 5.91 Å². The van der Waals surface area contributed by atoms with Crippen LogP contribution in [0.15, 0.2) is 30.3 Å². The number of benzene rings is 1. The fourth-order valence-electron chi connectivity index (χ4n) is 2.66. The number of rotatable bonds is 3. The molecule has 8 heteroatoms. The zero-order valence-corrected chi connectivity index (χ0v) is 15.3. The minimum Gasteiger partial charge on any atom is -0.339 e. The third-order valence-corrected chi connectivity index (χ3v) is 4.63. The first kappa shape index (κ1) is 18.0. The molecule has 0 saturated carbocycles. The van der Waals surface area contributed by atoms with Crippen molar-refractivity contribution in [2.45, 2.75) is 12.8 Å². The first-order chi connectivity index (χ1) is 12.0. The normalized spacial score (nSPS) is 13.8. The van der Waals surface area contributed by atoms with Crippen molar-refractivity contribution in [3.8, 4) is 0 Å². The molecule has 1 aliphatic rings. The number of aromatic nitrogens is 1. The van der Waals surface area contributed by atoms with E-state index in [1.165, 1.54) is 18.2 Å². The lowest BCUT2D eigenvalue weighted by molar-refractivity contribution is 0.0794. The molecule has 0 bridgehead atoms. The van der Waals surface area contributed by atoms with Gasteiger partial charge in [-0.2, -0.15) is 0 Å². The molecular formula is C17H14Cl3N3O2. The van der Waals surface area contributed by atoms with E-state index in [0.29, 0.717) is 29.4 Å². The van der Waals surface area contributed by atoms with Crippen molar-refractivity contribution in [3.05, 3.63) is 56.8 Å². The summed E-state index contributed by atoms with van der Waals surface area (Å²) in [5.74, 6) is -0.708. The molecule has 25 heavy (non-hydrogen) atoms. The number of likely N-dealkylation sites (tertiary alicyclic amines) is 1. The number of nitrogens with zero attached hydrogens (tertiary/aromatic N) is 2. The molecule has 1 aromatic heterocycles. The van der Waals surface area contributed by atoms with E-state index in [1.807, 2.05) is 0 Å². The van der Waals surface area contributed by atoms with Gasteiger partial charge in [-0.3, -0.25) is 9.59 Å². The maximum atomic E-state index is 12.7. The summed E-state index contributed by atoms with van der Waals surface area (Å²) in [4.78, 5) is 30.9. The van der Waals surface area contributed by atoms with E-state index in [9.17, 15) is 9.59 Å². The summed E-state index contributed by atoms with van der Waals surface area (Å²) in [6.45, 7) is 1.41. The van der Waals surface area contributed by atoms with Crippen LogP contribution in [0.2, 0.25) is 15.2 Å². The zero-order valence-electron chi connectivity index (χ0n) is 13.1. The van der Waals surface area contributed by atoms with Crippen LogP contribution in [-0.2, 0) is 0 Å². The average molecular weight is 399 g/mol. The maximum Gasteiger partial charge on any atom is 0.275 e. The molecule has 2 aromatic rings. The summed E-state index contributed by atoms with van der Waals surface area (Å²) in [7, 11) is 0. The zero-order chi connectivity index (χ0) is 18.0. The first-order valence-corrected chi connectivity index (χ1v) is 8.81. The van der Waals surface area contributed by atoms with Crippen LogP contribution in [0.4, 0.5) is 5.69 Å². The number of hydrogen-bond acceptors (Lipinski definition) is 3. The lowest BCUT2D eigenvalue weighted by Gasteiger charge is -2.18. The standard InChI is InChI=1S/C17H14Cl3N3O2/c18-10-3-4-11(17(25)23-7-1-2-8-23)13(9-10)21-16(24)15-12(19)5-6-14(20)22-15/h3-6,9H,1-2,7-8H2,(H,21,24). The van der Waals surface area contributed by atoms with Gasteiger partial charge in [-0.15, -0.1) is 0 Å². The molecule has 0 unspecified atom stereocenters. The fourth-order valence-corrected chi connectivity index (χ4v) is 3.17. The van der Waals surface area contributed by atoms with Gasteiger partial charge in [0.2, 0.25) is 0 Å². The molecule has 0 spiro atoms. The molecule has 0 radical (unpaired) electrons. The van der Waals surface area contributed by atoms with Gasteiger partial charge < -0.3 is 10.2 Å². The molecule has 3 rings (SSSR count). The lowest BCUT2D eigenvalue weighted by atomic mass is 10.1. The Morgan fingerprint density at radius 3 is 2.48 bits per heavy atom. The van der Waals surface area contributed by atoms with E-state index in [2.05, 4.69) is 10.3 Å². The molecule has 1 aliphatic heterocycles. The van der Waals surface area contributed by atoms with Crippen LogP contribution < -0.4 is 5.32 Å². The minimum atomic E-state index is -0.565. The quantitative estimate of drug-likeness (QED) is 0.773. The Hall–Kier alpha value is -1.82. The Labute approximate surface area is 159 Å². The first-order valence-electron chi connectivity index (χ1n) is 7.68. The number of hydrogen-bond donors (Lipinski definition) is 1. The number of halogens is 3. The summed E-state index contributed by atoms with van der Waals surface area (Å²) in [5, 5.41) is 3.38. The van der Waals surface area contributed by atoms with Gasteiger partial charge in [0.15, 0.2) is 0 Å². The molecule has 0 aliphatic carbocycles. The summed E-state index contributed by atoms with van der Waals surface area (Å²) < 4.78 is 0. The highest BCUT2D eigenvalue weighted by Gasteiger charge is 2.23. The van der Waals surface area contributed by atoms with Crippen LogP contribution in [0.25, 0.3) is 0 Å². The molecule has 2 amide bonds. The number of carbonyl (C=O) groups excluding carboxylic acids is 2. The van der Waals surface area contributed by atoms with Crippen LogP contribution in [-0.4, -0.2) is 34.8 Å². The highest BCUT2D eigenvalue weighted by atomic mass is 35.5. The average Bonchev–Trinajstić information content (AvgIpc) is 3.11. The van der Waals surface area contributed by atoms with Gasteiger partial charge in [0.1, 0.15) is 10.8 Å². The SMILES string of the molecule is O=C(Nc1cc(Cl)ccc1C(=O)N1CCCC1)c1nc(Cl)ccc1Cl. The number of amides is 2. The van der Waals surface area contributed by atoms with Crippen molar-refractivity contribution in [2.75, 3.05) is 18.4 Å². The highest BCUT2D eigenvalue weighted by Crippen LogP contribution is 2.26. The van der Waals surface area contributed by atoms with E-state index in [4.69, 9.17) is 34.8 Å². The second-order valence-corrected chi connectivity index (χ2v) is 6.84. The van der Waals surface area contributed by atoms with Crippen molar-refractivity contribution >= 4 is 52.3 Å². The fraction of sp³-hybridized carbons (Fsp3) is 0.235. The highest BCUT2D eigenvalue weighted by molar-refractivity contribution is 6.35. The Bertz CT molecular complexity index is 836. The van der Waals surface area contributed by atoms with Gasteiger partial charge in [-0.05, 0) is 43.2 Å². The van der Waals surface area contributed by atoms with Crippen LogP contribution in [0.5, 0.6) is 0 Å². The van der Waals surface area contributed by atoms with Gasteiger partial charge in [-0.25, -0.2) is 4.98 Å². The van der Waals surface area contributed by atoms with E-state index in [-0.39, 0.29) is 21.8 Å². The predicted molar refractivity (Wildman–Crippen MR) is 98.8 cm³/mol. The summed E-state index contributed by atoms with van der Waals surface area (Å²) in [6.07, 6.45) is 1.95. The number of anilines is 1. The predicted octanol–water partition coefficient (Wildman–Crippen LogP) is 4.53. The van der Waals surface area contributed by atoms with Crippen molar-refractivity contribution in [3.63, 3.8) is 0 Å². The summed E-state index contributed by atoms with van der Waals surface area (Å²) >= 11 is 17.9.